The zero-order chi connectivity index (χ0) is 19.5. The molecule has 1 saturated carbocycles. The Morgan fingerprint density at radius 1 is 1.11 bits per heavy atom. The monoisotopic (exact) mass is 384 g/mol. The van der Waals surface area contributed by atoms with Gasteiger partial charge < -0.3 is 10.0 Å². The van der Waals surface area contributed by atoms with Crippen molar-refractivity contribution < 1.29 is 9.90 Å². The molecule has 0 aromatic heterocycles. The summed E-state index contributed by atoms with van der Waals surface area (Å²) >= 11 is 0. The Kier molecular flexibility index (Phi) is 6.37. The third-order valence-corrected chi connectivity index (χ3v) is 7.30. The fourth-order valence-corrected chi connectivity index (χ4v) is 5.22. The molecule has 0 spiro atoms. The van der Waals surface area contributed by atoms with Crippen molar-refractivity contribution in [1.29, 1.82) is 0 Å². The maximum atomic E-state index is 12.0. The van der Waals surface area contributed by atoms with Crippen LogP contribution in [-0.4, -0.2) is 59.1 Å². The van der Waals surface area contributed by atoms with E-state index in [2.05, 4.69) is 23.1 Å². The normalized spacial score (nSPS) is 24.9. The number of aliphatic hydroxyl groups excluding tert-OH is 1. The molecule has 28 heavy (non-hydrogen) atoms. The number of amides is 1. The average Bonchev–Trinajstić information content (AvgIpc) is 2.88. The zero-order valence-corrected chi connectivity index (χ0v) is 17.4. The summed E-state index contributed by atoms with van der Waals surface area (Å²) in [7, 11) is 0. The quantitative estimate of drug-likeness (QED) is 0.848. The van der Waals surface area contributed by atoms with Gasteiger partial charge in [0.2, 0.25) is 5.91 Å². The molecule has 2 atom stereocenters. The van der Waals surface area contributed by atoms with E-state index in [4.69, 9.17) is 0 Å². The van der Waals surface area contributed by atoms with Gasteiger partial charge in [0, 0.05) is 44.6 Å². The molecule has 2 fully saturated rings. The van der Waals surface area contributed by atoms with Crippen LogP contribution in [0.2, 0.25) is 0 Å². The van der Waals surface area contributed by atoms with E-state index >= 15 is 0 Å². The molecule has 0 bridgehead atoms. The van der Waals surface area contributed by atoms with Crippen LogP contribution in [-0.2, 0) is 24.1 Å². The molecule has 1 saturated heterocycles. The zero-order valence-electron chi connectivity index (χ0n) is 17.4. The smallest absolute Gasteiger partial charge is 0.222 e. The first-order valence-corrected chi connectivity index (χ1v) is 11.4. The van der Waals surface area contributed by atoms with Gasteiger partial charge in [0.25, 0.3) is 0 Å². The number of likely N-dealkylation sites (tertiary alicyclic amines) is 1. The highest BCUT2D eigenvalue weighted by Crippen LogP contribution is 2.28. The van der Waals surface area contributed by atoms with E-state index in [1.54, 1.807) is 0 Å². The van der Waals surface area contributed by atoms with E-state index in [9.17, 15) is 9.90 Å². The summed E-state index contributed by atoms with van der Waals surface area (Å²) in [5.74, 6) is 0.426. The van der Waals surface area contributed by atoms with Gasteiger partial charge in [0.1, 0.15) is 0 Å². The fraction of sp³-hybridized carbons (Fsp3) is 0.708. The van der Waals surface area contributed by atoms with Crippen molar-refractivity contribution in [2.75, 3.05) is 26.2 Å². The van der Waals surface area contributed by atoms with Gasteiger partial charge in [-0.3, -0.25) is 9.69 Å². The van der Waals surface area contributed by atoms with Crippen molar-refractivity contribution in [1.82, 2.24) is 9.80 Å². The number of piperidine rings is 1. The van der Waals surface area contributed by atoms with Crippen molar-refractivity contribution in [3.63, 3.8) is 0 Å². The second-order valence-electron chi connectivity index (χ2n) is 9.09. The van der Waals surface area contributed by atoms with Crippen LogP contribution in [0.15, 0.2) is 18.2 Å². The SMILES string of the molecule is CCC(=O)N1CCCC(C(O)Cc2ccc3c(c2)CCN(C2CCC2)CC3)C1. The molecule has 154 valence electrons. The van der Waals surface area contributed by atoms with Crippen molar-refractivity contribution in [3.05, 3.63) is 34.9 Å². The van der Waals surface area contributed by atoms with Crippen molar-refractivity contribution >= 4 is 5.91 Å². The number of hydrogen-bond donors (Lipinski definition) is 1. The lowest BCUT2D eigenvalue weighted by atomic mass is 9.88. The van der Waals surface area contributed by atoms with Crippen molar-refractivity contribution in [2.45, 2.75) is 76.9 Å². The third-order valence-electron chi connectivity index (χ3n) is 7.30. The van der Waals surface area contributed by atoms with E-state index < -0.39 is 0 Å². The fourth-order valence-electron chi connectivity index (χ4n) is 5.22. The minimum atomic E-state index is -0.359. The van der Waals surface area contributed by atoms with Gasteiger partial charge in [-0.15, -0.1) is 0 Å². The number of aliphatic hydroxyl groups is 1. The maximum Gasteiger partial charge on any atom is 0.222 e. The minimum absolute atomic E-state index is 0.206. The molecule has 1 aromatic rings. The van der Waals surface area contributed by atoms with E-state index in [0.717, 1.165) is 44.8 Å². The minimum Gasteiger partial charge on any atom is -0.392 e. The van der Waals surface area contributed by atoms with Gasteiger partial charge in [-0.2, -0.15) is 0 Å². The van der Waals surface area contributed by atoms with Crippen LogP contribution in [0.4, 0.5) is 0 Å². The molecule has 3 aliphatic rings. The van der Waals surface area contributed by atoms with Crippen molar-refractivity contribution in [3.8, 4) is 0 Å². The first-order valence-electron chi connectivity index (χ1n) is 11.4. The molecule has 2 aliphatic heterocycles. The second-order valence-corrected chi connectivity index (χ2v) is 9.09. The highest BCUT2D eigenvalue weighted by Gasteiger charge is 2.29. The molecule has 1 aliphatic carbocycles. The van der Waals surface area contributed by atoms with E-state index in [0.29, 0.717) is 12.8 Å². The topological polar surface area (TPSA) is 43.8 Å². The number of benzene rings is 1. The summed E-state index contributed by atoms with van der Waals surface area (Å²) in [6.07, 6.45) is 9.40. The van der Waals surface area contributed by atoms with Gasteiger partial charge >= 0.3 is 0 Å². The predicted octanol–water partition coefficient (Wildman–Crippen LogP) is 3.19. The molecule has 1 amide bonds. The van der Waals surface area contributed by atoms with Crippen LogP contribution >= 0.6 is 0 Å². The summed E-state index contributed by atoms with van der Waals surface area (Å²) in [5.41, 5.74) is 4.23. The van der Waals surface area contributed by atoms with Gasteiger partial charge in [-0.25, -0.2) is 0 Å². The highest BCUT2D eigenvalue weighted by molar-refractivity contribution is 5.75. The Labute approximate surface area is 169 Å². The number of carbonyl (C=O) groups excluding carboxylic acids is 1. The number of rotatable bonds is 5. The molecule has 1 N–H and O–H groups in total. The summed E-state index contributed by atoms with van der Waals surface area (Å²) < 4.78 is 0. The Hall–Kier alpha value is -1.39. The molecule has 4 nitrogen and oxygen atoms in total. The first-order chi connectivity index (χ1) is 13.6. The van der Waals surface area contributed by atoms with Crippen LogP contribution in [0.1, 0.15) is 62.1 Å². The lowest BCUT2D eigenvalue weighted by Gasteiger charge is -2.36. The second kappa shape index (κ2) is 8.96. The van der Waals surface area contributed by atoms with Crippen molar-refractivity contribution in [2.24, 2.45) is 5.92 Å². The third kappa shape index (κ3) is 4.44. The molecule has 0 radical (unpaired) electrons. The van der Waals surface area contributed by atoms with Gasteiger partial charge in [-0.05, 0) is 61.6 Å². The number of fused-ring (bicyclic) bond motifs is 1. The van der Waals surface area contributed by atoms with E-state index in [1.807, 2.05) is 11.8 Å². The van der Waals surface area contributed by atoms with E-state index in [1.165, 1.54) is 49.0 Å². The Balaban J connectivity index is 1.36. The average molecular weight is 385 g/mol. The largest absolute Gasteiger partial charge is 0.392 e. The summed E-state index contributed by atoms with van der Waals surface area (Å²) in [5, 5.41) is 10.9. The Morgan fingerprint density at radius 3 is 2.61 bits per heavy atom. The molecule has 4 heteroatoms. The highest BCUT2D eigenvalue weighted by atomic mass is 16.3. The molecule has 1 aromatic carbocycles. The number of nitrogens with zero attached hydrogens (tertiary/aromatic N) is 2. The first kappa shape index (κ1) is 19.9. The molecule has 4 rings (SSSR count). The molecular weight excluding hydrogens is 348 g/mol. The Morgan fingerprint density at radius 2 is 1.89 bits per heavy atom. The Bertz CT molecular complexity index is 685. The standard InChI is InChI=1S/C24H36N2O2/c1-2-24(28)26-12-4-5-21(17-26)23(27)16-18-8-9-19-10-13-25(22-6-3-7-22)14-11-20(19)15-18/h8-9,15,21-23,27H,2-7,10-14,16-17H2,1H3. The maximum absolute atomic E-state index is 12.0. The lowest BCUT2D eigenvalue weighted by Crippen LogP contribution is -2.43. The van der Waals surface area contributed by atoms with Crippen LogP contribution in [0, 0.1) is 5.92 Å². The lowest BCUT2D eigenvalue weighted by molar-refractivity contribution is -0.133. The van der Waals surface area contributed by atoms with Gasteiger partial charge in [-0.1, -0.05) is 31.5 Å². The van der Waals surface area contributed by atoms with Crippen LogP contribution in [0.25, 0.3) is 0 Å². The van der Waals surface area contributed by atoms with E-state index in [-0.39, 0.29) is 17.9 Å². The summed E-state index contributed by atoms with van der Waals surface area (Å²) in [6, 6.07) is 7.70. The molecular formula is C24H36N2O2. The van der Waals surface area contributed by atoms with Gasteiger partial charge in [0.15, 0.2) is 0 Å². The number of carbonyl (C=O) groups is 1. The van der Waals surface area contributed by atoms with Crippen LogP contribution < -0.4 is 0 Å². The summed E-state index contributed by atoms with van der Waals surface area (Å²) in [6.45, 7) is 5.87. The predicted molar refractivity (Wildman–Crippen MR) is 112 cm³/mol. The molecule has 2 unspecified atom stereocenters. The summed E-state index contributed by atoms with van der Waals surface area (Å²) in [4.78, 5) is 16.7. The van der Waals surface area contributed by atoms with Crippen LogP contribution in [0.3, 0.4) is 0 Å². The molecule has 2 heterocycles. The van der Waals surface area contributed by atoms with Gasteiger partial charge in [0.05, 0.1) is 6.10 Å². The van der Waals surface area contributed by atoms with Crippen LogP contribution in [0.5, 0.6) is 0 Å². The number of hydrogen-bond acceptors (Lipinski definition) is 3.